The molecule has 5 atom stereocenters. The SMILES string of the molecule is [B]C([B])(OP1(=O)OCc2cccc(C)c2O1)[C@@]1(F)O[C@@]([B])(n2cc(F)c(=O)[nH]c2=O)[C@H](O)[C@@H]1O. The minimum absolute atomic E-state index is 0.0599. The summed E-state index contributed by atoms with van der Waals surface area (Å²) in [7, 11) is 12.3. The molecule has 0 saturated carbocycles. The lowest BCUT2D eigenvalue weighted by Gasteiger charge is -2.42. The predicted molar refractivity (Wildman–Crippen MR) is 111 cm³/mol. The molecule has 2 aromatic rings. The Hall–Kier alpha value is -2.22. The molecule has 4 rings (SSSR count). The second-order valence-corrected chi connectivity index (χ2v) is 9.27. The van der Waals surface area contributed by atoms with Crippen molar-refractivity contribution in [2.24, 2.45) is 0 Å². The van der Waals surface area contributed by atoms with Crippen LogP contribution in [-0.4, -0.2) is 66.8 Å². The van der Waals surface area contributed by atoms with Crippen molar-refractivity contribution < 1.29 is 41.9 Å². The highest BCUT2D eigenvalue weighted by molar-refractivity contribution is 7.49. The van der Waals surface area contributed by atoms with Crippen molar-refractivity contribution in [3.63, 3.8) is 0 Å². The number of rotatable bonds is 4. The molecule has 0 aliphatic carbocycles. The van der Waals surface area contributed by atoms with Crippen LogP contribution in [0.25, 0.3) is 0 Å². The van der Waals surface area contributed by atoms with Crippen molar-refractivity contribution in [1.82, 2.24) is 9.55 Å². The van der Waals surface area contributed by atoms with Crippen LogP contribution in [0.5, 0.6) is 5.75 Å². The van der Waals surface area contributed by atoms with E-state index in [1.807, 2.05) is 0 Å². The van der Waals surface area contributed by atoms with Gasteiger partial charge in [0, 0.05) is 5.56 Å². The maximum atomic E-state index is 15.9. The summed E-state index contributed by atoms with van der Waals surface area (Å²) in [4.78, 5) is 24.9. The highest BCUT2D eigenvalue weighted by atomic mass is 31.2. The Morgan fingerprint density at radius 3 is 2.68 bits per heavy atom. The van der Waals surface area contributed by atoms with E-state index in [-0.39, 0.29) is 23.1 Å². The molecule has 34 heavy (non-hydrogen) atoms. The number of H-pyrrole nitrogens is 1. The van der Waals surface area contributed by atoms with E-state index in [1.54, 1.807) is 25.1 Å². The number of aliphatic hydroxyl groups is 2. The van der Waals surface area contributed by atoms with Gasteiger partial charge in [-0.1, -0.05) is 18.2 Å². The maximum absolute atomic E-state index is 15.9. The zero-order valence-electron chi connectivity index (χ0n) is 17.3. The third-order valence-electron chi connectivity index (χ3n) is 5.36. The Labute approximate surface area is 193 Å². The first-order valence-electron chi connectivity index (χ1n) is 9.51. The molecule has 1 unspecified atom stereocenters. The highest BCUT2D eigenvalue weighted by Gasteiger charge is 2.69. The van der Waals surface area contributed by atoms with Gasteiger partial charge < -0.3 is 19.5 Å². The summed E-state index contributed by atoms with van der Waals surface area (Å²) in [6.07, 6.45) is -5.08. The summed E-state index contributed by atoms with van der Waals surface area (Å²) in [5.74, 6) is -5.35. The van der Waals surface area contributed by atoms with Crippen molar-refractivity contribution in [3.8, 4) is 5.75 Å². The number of phosphoric ester groups is 1. The van der Waals surface area contributed by atoms with Crippen LogP contribution in [0.4, 0.5) is 8.78 Å². The minimum atomic E-state index is -4.75. The number of halogens is 2. The van der Waals surface area contributed by atoms with Gasteiger partial charge in [-0.3, -0.25) is 23.4 Å². The molecule has 17 heteroatoms. The van der Waals surface area contributed by atoms with E-state index in [1.165, 1.54) is 4.98 Å². The molecule has 2 aliphatic heterocycles. The molecule has 1 aromatic carbocycles. The van der Waals surface area contributed by atoms with Crippen LogP contribution in [0, 0.1) is 12.7 Å². The largest absolute Gasteiger partial charge is 0.529 e. The Kier molecular flexibility index (Phi) is 5.79. The Morgan fingerprint density at radius 1 is 1.32 bits per heavy atom. The quantitative estimate of drug-likeness (QED) is 0.358. The molecule has 6 radical (unpaired) electrons. The van der Waals surface area contributed by atoms with Crippen molar-refractivity contribution in [3.05, 3.63) is 62.2 Å². The molecule has 0 spiro atoms. The van der Waals surface area contributed by atoms with E-state index >= 15 is 4.39 Å². The normalized spacial score (nSPS) is 33.3. The number of nitrogens with zero attached hydrogens (tertiary/aromatic N) is 1. The number of phosphoric acid groups is 1. The molecule has 3 heterocycles. The third kappa shape index (κ3) is 3.69. The summed E-state index contributed by atoms with van der Waals surface area (Å²) >= 11 is 0. The number of alkyl halides is 1. The maximum Gasteiger partial charge on any atom is 0.529 e. The second-order valence-electron chi connectivity index (χ2n) is 7.75. The molecule has 1 saturated heterocycles. The van der Waals surface area contributed by atoms with Gasteiger partial charge in [-0.15, -0.1) is 0 Å². The Morgan fingerprint density at radius 2 is 2.00 bits per heavy atom. The van der Waals surface area contributed by atoms with Crippen LogP contribution < -0.4 is 15.8 Å². The first-order chi connectivity index (χ1) is 15.6. The van der Waals surface area contributed by atoms with Gasteiger partial charge in [0.05, 0.1) is 18.2 Å². The molecule has 2 aliphatic rings. The smallest absolute Gasteiger partial charge is 0.403 e. The minimum Gasteiger partial charge on any atom is -0.403 e. The predicted octanol–water partition coefficient (Wildman–Crippen LogP) is -1.09. The molecule has 3 N–H and O–H groups in total. The number of para-hydroxylation sites is 1. The molecule has 1 fully saturated rings. The van der Waals surface area contributed by atoms with E-state index in [0.717, 1.165) is 0 Å². The molecular formula is C17H14B3F2N2O9P. The molecule has 11 nitrogen and oxygen atoms in total. The van der Waals surface area contributed by atoms with Gasteiger partial charge in [-0.05, 0) is 12.5 Å². The molecule has 0 amide bonds. The first kappa shape index (κ1) is 24.9. The fraction of sp³-hybridized carbons (Fsp3) is 0.412. The molecule has 174 valence electrons. The second kappa shape index (κ2) is 7.90. The topological polar surface area (TPSA) is 149 Å². The lowest BCUT2D eigenvalue weighted by Crippen LogP contribution is -2.60. The zero-order valence-corrected chi connectivity index (χ0v) is 18.2. The number of fused-ring (bicyclic) bond motifs is 1. The van der Waals surface area contributed by atoms with Gasteiger partial charge in [-0.25, -0.2) is 13.8 Å². The number of aliphatic hydroxyl groups excluding tert-OH is 2. The summed E-state index contributed by atoms with van der Waals surface area (Å²) in [5, 5.41) is 17.3. The van der Waals surface area contributed by atoms with Gasteiger partial charge in [0.25, 0.3) is 11.4 Å². The van der Waals surface area contributed by atoms with E-state index in [0.29, 0.717) is 11.1 Å². The number of hydrogen-bond donors (Lipinski definition) is 3. The average Bonchev–Trinajstić information content (AvgIpc) is 2.93. The van der Waals surface area contributed by atoms with Crippen molar-refractivity contribution >= 4 is 31.4 Å². The Bertz CT molecular complexity index is 1320. The zero-order chi connectivity index (χ0) is 25.3. The van der Waals surface area contributed by atoms with Crippen molar-refractivity contribution in [2.75, 3.05) is 0 Å². The van der Waals surface area contributed by atoms with Crippen molar-refractivity contribution in [1.29, 1.82) is 0 Å². The van der Waals surface area contributed by atoms with Gasteiger partial charge in [0.2, 0.25) is 5.82 Å². The van der Waals surface area contributed by atoms with Crippen LogP contribution >= 0.6 is 7.82 Å². The number of benzene rings is 1. The number of aromatic amines is 1. The monoisotopic (exact) mass is 492 g/mol. The average molecular weight is 492 g/mol. The van der Waals surface area contributed by atoms with Gasteiger partial charge in [-0.2, -0.15) is 4.39 Å². The van der Waals surface area contributed by atoms with Gasteiger partial charge in [0.15, 0.2) is 0 Å². The van der Waals surface area contributed by atoms with E-state index in [4.69, 9.17) is 41.8 Å². The van der Waals surface area contributed by atoms with E-state index < -0.39 is 54.0 Å². The fourth-order valence-electron chi connectivity index (χ4n) is 3.53. The van der Waals surface area contributed by atoms with E-state index in [9.17, 15) is 28.8 Å². The van der Waals surface area contributed by atoms with Gasteiger partial charge in [0.1, 0.15) is 47.1 Å². The molecule has 1 aromatic heterocycles. The Balaban J connectivity index is 1.69. The van der Waals surface area contributed by atoms with Crippen LogP contribution in [0.1, 0.15) is 11.1 Å². The molecule has 0 bridgehead atoms. The summed E-state index contributed by atoms with van der Waals surface area (Å²) in [6.45, 7) is 1.32. The molecular weight excluding hydrogens is 478 g/mol. The van der Waals surface area contributed by atoms with Crippen molar-refractivity contribution in [2.45, 2.75) is 42.6 Å². The van der Waals surface area contributed by atoms with Crippen LogP contribution in [-0.2, 0) is 30.6 Å². The van der Waals surface area contributed by atoms with Crippen LogP contribution in [0.3, 0.4) is 0 Å². The standard InChI is InChI=1S/C17H14B3F2N2O9P/c1-7-3-2-4-8-6-30-34(29,31-10(7)8)33-17(19,20)15(22)11(25)12(26)16(18,32-15)24-5-9(21)13(27)23-14(24)28/h2-5,11-12,25-26H,6H2,1H3,(H,23,27,28)/t11-,12+,15-,16-,34?/m0/s1. The fourth-order valence-corrected chi connectivity index (χ4v) is 4.95. The lowest BCUT2D eigenvalue weighted by atomic mass is 9.59. The number of nitrogens with one attached hydrogen (secondary N) is 1. The summed E-state index contributed by atoms with van der Waals surface area (Å²) in [5.41, 5.74) is -4.94. The van der Waals surface area contributed by atoms with Gasteiger partial charge >= 0.3 is 13.5 Å². The first-order valence-corrected chi connectivity index (χ1v) is 11.0. The lowest BCUT2D eigenvalue weighted by molar-refractivity contribution is -0.240. The number of ether oxygens (including phenoxy) is 1. The third-order valence-corrected chi connectivity index (χ3v) is 6.74. The number of aromatic nitrogens is 2. The summed E-state index contributed by atoms with van der Waals surface area (Å²) in [6, 6.07) is 4.90. The van der Waals surface area contributed by atoms with E-state index in [2.05, 4.69) is 0 Å². The van der Waals surface area contributed by atoms with Crippen LogP contribution in [0.2, 0.25) is 0 Å². The number of aryl methyl sites for hydroxylation is 1. The summed E-state index contributed by atoms with van der Waals surface area (Å²) < 4.78 is 62.8. The number of hydrogen-bond acceptors (Lipinski definition) is 9. The van der Waals surface area contributed by atoms with Crippen LogP contribution in [0.15, 0.2) is 34.0 Å². The highest BCUT2D eigenvalue weighted by Crippen LogP contribution is 2.59.